The van der Waals surface area contributed by atoms with E-state index in [9.17, 15) is 23.2 Å². The summed E-state index contributed by atoms with van der Waals surface area (Å²) in [4.78, 5) is 38.7. The Balaban J connectivity index is 2.18. The van der Waals surface area contributed by atoms with Gasteiger partial charge in [0.25, 0.3) is 12.0 Å². The minimum absolute atomic E-state index is 0.0416. The van der Waals surface area contributed by atoms with E-state index in [2.05, 4.69) is 5.43 Å². The summed E-state index contributed by atoms with van der Waals surface area (Å²) >= 11 is 1.06. The fourth-order valence-electron chi connectivity index (χ4n) is 3.54. The van der Waals surface area contributed by atoms with E-state index in [1.165, 1.54) is 5.01 Å². The predicted octanol–water partition coefficient (Wildman–Crippen LogP) is 2.56. The van der Waals surface area contributed by atoms with Gasteiger partial charge in [0, 0.05) is 16.5 Å². The number of nitrogens with one attached hydrogen (secondary N) is 1. The molecule has 0 aliphatic heterocycles. The molecule has 0 aromatic carbocycles. The normalized spacial score (nSPS) is 18.9. The highest BCUT2D eigenvalue weighted by Gasteiger charge is 2.38. The molecule has 2 aromatic rings. The van der Waals surface area contributed by atoms with Gasteiger partial charge in [0.05, 0.1) is 18.5 Å². The SMILES string of the molecule is Cc1c(CN(NC(C)(C)C)C(N)=O)sc2c1c(=O)n([C@H]1C[C@@H]1C)c(=O)n2CC(F)F. The third kappa shape index (κ3) is 4.27. The molecule has 0 bridgehead atoms. The largest absolute Gasteiger partial charge is 0.350 e. The summed E-state index contributed by atoms with van der Waals surface area (Å²) in [6.07, 6.45) is -2.08. The zero-order valence-electron chi connectivity index (χ0n) is 17.7. The number of aryl methyl sites for hydroxylation is 1. The molecular weight excluding hydrogens is 416 g/mol. The summed E-state index contributed by atoms with van der Waals surface area (Å²) < 4.78 is 28.6. The number of aromatic nitrogens is 2. The maximum absolute atomic E-state index is 13.2. The molecule has 0 saturated heterocycles. The predicted molar refractivity (Wildman–Crippen MR) is 112 cm³/mol. The second-order valence-corrected chi connectivity index (χ2v) is 9.94. The van der Waals surface area contributed by atoms with Crippen LogP contribution < -0.4 is 22.4 Å². The van der Waals surface area contributed by atoms with Gasteiger partial charge in [0.2, 0.25) is 0 Å². The number of carbonyl (C=O) groups excluding carboxylic acids is 1. The molecule has 0 spiro atoms. The average molecular weight is 444 g/mol. The number of urea groups is 1. The van der Waals surface area contributed by atoms with Gasteiger partial charge in [-0.05, 0) is 45.6 Å². The third-order valence-corrected chi connectivity index (χ3v) is 6.40. The molecule has 2 aromatic heterocycles. The highest BCUT2D eigenvalue weighted by atomic mass is 32.1. The van der Waals surface area contributed by atoms with Gasteiger partial charge in [-0.3, -0.25) is 18.9 Å². The van der Waals surface area contributed by atoms with Crippen molar-refractivity contribution in [2.45, 2.75) is 72.1 Å². The number of hydrogen-bond donors (Lipinski definition) is 2. The lowest BCUT2D eigenvalue weighted by Crippen LogP contribution is -2.53. The van der Waals surface area contributed by atoms with E-state index in [0.29, 0.717) is 16.9 Å². The molecule has 0 unspecified atom stereocenters. The van der Waals surface area contributed by atoms with Gasteiger partial charge in [0.15, 0.2) is 0 Å². The summed E-state index contributed by atoms with van der Waals surface area (Å²) in [5.74, 6) is 0.146. The van der Waals surface area contributed by atoms with Crippen LogP contribution in [0.5, 0.6) is 0 Å². The molecule has 1 saturated carbocycles. The molecule has 2 amide bonds. The number of hydrogen-bond acceptors (Lipinski definition) is 5. The van der Waals surface area contributed by atoms with E-state index in [1.807, 2.05) is 27.7 Å². The highest BCUT2D eigenvalue weighted by Crippen LogP contribution is 2.41. The first-order valence-corrected chi connectivity index (χ1v) is 10.5. The van der Waals surface area contributed by atoms with Crippen molar-refractivity contribution in [1.82, 2.24) is 19.6 Å². The fourth-order valence-corrected chi connectivity index (χ4v) is 4.82. The number of amides is 2. The Morgan fingerprint density at radius 1 is 1.37 bits per heavy atom. The minimum Gasteiger partial charge on any atom is -0.350 e. The standard InChI is InChI=1S/C19H27F2N5O3S/c1-9-6-11(9)26-15(27)14-10(2)12(7-25(17(22)28)23-19(3,4)5)30-16(14)24(18(26)29)8-13(20)21/h9,11,13,23H,6-8H2,1-5H3,(H2,22,28)/t9-,11-/m0/s1. The number of carbonyl (C=O) groups is 1. The zero-order valence-corrected chi connectivity index (χ0v) is 18.5. The molecule has 2 heterocycles. The second-order valence-electron chi connectivity index (χ2n) is 8.86. The Labute approximate surface area is 176 Å². The second kappa shape index (κ2) is 7.77. The van der Waals surface area contributed by atoms with Gasteiger partial charge in [-0.2, -0.15) is 0 Å². The molecular formula is C19H27F2N5O3S. The van der Waals surface area contributed by atoms with Gasteiger partial charge in [-0.1, -0.05) is 6.92 Å². The van der Waals surface area contributed by atoms with Crippen molar-refractivity contribution < 1.29 is 13.6 Å². The Morgan fingerprint density at radius 3 is 2.43 bits per heavy atom. The molecule has 3 N–H and O–H groups in total. The fraction of sp³-hybridized carbons (Fsp3) is 0.632. The van der Waals surface area contributed by atoms with Crippen molar-refractivity contribution in [2.24, 2.45) is 11.7 Å². The number of rotatable bonds is 6. The number of halogens is 2. The van der Waals surface area contributed by atoms with Crippen LogP contribution in [0.15, 0.2) is 9.59 Å². The van der Waals surface area contributed by atoms with Crippen LogP contribution in [-0.2, 0) is 13.1 Å². The third-order valence-electron chi connectivity index (χ3n) is 5.10. The number of hydrazine groups is 1. The Morgan fingerprint density at radius 2 is 1.97 bits per heavy atom. The van der Waals surface area contributed by atoms with Gasteiger partial charge in [-0.15, -0.1) is 11.3 Å². The Kier molecular flexibility index (Phi) is 5.80. The number of nitrogens with zero attached hydrogens (tertiary/aromatic N) is 3. The van der Waals surface area contributed by atoms with E-state index < -0.39 is 35.8 Å². The van der Waals surface area contributed by atoms with Crippen molar-refractivity contribution >= 4 is 27.6 Å². The number of alkyl halides is 2. The van der Waals surface area contributed by atoms with Crippen molar-refractivity contribution in [1.29, 1.82) is 0 Å². The van der Waals surface area contributed by atoms with Crippen molar-refractivity contribution in [3.8, 4) is 0 Å². The molecule has 1 fully saturated rings. The summed E-state index contributed by atoms with van der Waals surface area (Å²) in [7, 11) is 0. The van der Waals surface area contributed by atoms with E-state index in [4.69, 9.17) is 5.73 Å². The molecule has 166 valence electrons. The van der Waals surface area contributed by atoms with Crippen LogP contribution in [-0.4, -0.2) is 32.1 Å². The molecule has 30 heavy (non-hydrogen) atoms. The van der Waals surface area contributed by atoms with Crippen molar-refractivity contribution in [3.63, 3.8) is 0 Å². The van der Waals surface area contributed by atoms with Crippen LogP contribution in [0.3, 0.4) is 0 Å². The number of fused-ring (bicyclic) bond motifs is 1. The van der Waals surface area contributed by atoms with Crippen LogP contribution in [0.4, 0.5) is 13.6 Å². The number of nitrogens with two attached hydrogens (primary N) is 1. The lowest BCUT2D eigenvalue weighted by Gasteiger charge is -2.30. The van der Waals surface area contributed by atoms with Crippen LogP contribution in [0.25, 0.3) is 10.2 Å². The van der Waals surface area contributed by atoms with Crippen LogP contribution in [0, 0.1) is 12.8 Å². The van der Waals surface area contributed by atoms with Crippen molar-refractivity contribution in [2.75, 3.05) is 0 Å². The Bertz CT molecular complexity index is 1100. The summed E-state index contributed by atoms with van der Waals surface area (Å²) in [6.45, 7) is 8.43. The smallest absolute Gasteiger partial charge is 0.332 e. The van der Waals surface area contributed by atoms with E-state index in [-0.39, 0.29) is 28.7 Å². The minimum atomic E-state index is -2.75. The van der Waals surface area contributed by atoms with Gasteiger partial charge in [-0.25, -0.2) is 23.8 Å². The summed E-state index contributed by atoms with van der Waals surface area (Å²) in [5.41, 5.74) is 7.40. The number of primary amides is 1. The summed E-state index contributed by atoms with van der Waals surface area (Å²) in [6, 6.07) is -0.985. The first-order chi connectivity index (χ1) is 13.8. The van der Waals surface area contributed by atoms with Crippen LogP contribution >= 0.6 is 11.3 Å². The lowest BCUT2D eigenvalue weighted by molar-refractivity contribution is 0.126. The Hall–Kier alpha value is -2.27. The van der Waals surface area contributed by atoms with Crippen LogP contribution in [0.2, 0.25) is 0 Å². The quantitative estimate of drug-likeness (QED) is 0.670. The molecule has 1 aliphatic rings. The number of thiophene rings is 1. The lowest BCUT2D eigenvalue weighted by atomic mass is 10.1. The zero-order chi connectivity index (χ0) is 22.5. The maximum atomic E-state index is 13.2. The highest BCUT2D eigenvalue weighted by molar-refractivity contribution is 7.18. The topological polar surface area (TPSA) is 102 Å². The maximum Gasteiger partial charge on any atom is 0.332 e. The van der Waals surface area contributed by atoms with E-state index in [1.54, 1.807) is 6.92 Å². The van der Waals surface area contributed by atoms with Crippen LogP contribution in [0.1, 0.15) is 50.6 Å². The van der Waals surface area contributed by atoms with E-state index in [0.717, 1.165) is 20.5 Å². The molecule has 0 radical (unpaired) electrons. The van der Waals surface area contributed by atoms with Gasteiger partial charge in [0.1, 0.15) is 4.83 Å². The molecule has 2 atom stereocenters. The monoisotopic (exact) mass is 443 g/mol. The average Bonchev–Trinajstić information content (AvgIpc) is 3.21. The molecule has 1 aliphatic carbocycles. The first-order valence-electron chi connectivity index (χ1n) is 9.72. The molecule has 8 nitrogen and oxygen atoms in total. The van der Waals surface area contributed by atoms with E-state index >= 15 is 0 Å². The van der Waals surface area contributed by atoms with Gasteiger partial charge < -0.3 is 5.73 Å². The van der Waals surface area contributed by atoms with Gasteiger partial charge >= 0.3 is 11.7 Å². The summed E-state index contributed by atoms with van der Waals surface area (Å²) in [5, 5.41) is 1.46. The van der Waals surface area contributed by atoms with Crippen molar-refractivity contribution in [3.05, 3.63) is 31.3 Å². The molecule has 3 rings (SSSR count). The first kappa shape index (κ1) is 22.4. The molecule has 11 heteroatoms.